The number of rotatable bonds is 4. The Morgan fingerprint density at radius 2 is 1.82 bits per heavy atom. The molecule has 0 aliphatic carbocycles. The van der Waals surface area contributed by atoms with E-state index in [-0.39, 0.29) is 18.4 Å². The fourth-order valence-corrected chi connectivity index (χ4v) is 3.29. The molecule has 28 heavy (non-hydrogen) atoms. The number of nitrogens with zero attached hydrogens (tertiary/aromatic N) is 1. The first-order chi connectivity index (χ1) is 13.2. The van der Waals surface area contributed by atoms with Crippen LogP contribution in [-0.4, -0.2) is 17.6 Å². The average molecular weight is 392 g/mol. The number of halogens is 1. The van der Waals surface area contributed by atoms with E-state index in [0.29, 0.717) is 12.2 Å². The Balaban J connectivity index is 0.00000225. The van der Waals surface area contributed by atoms with Gasteiger partial charge < -0.3 is 22.5 Å². The summed E-state index contributed by atoms with van der Waals surface area (Å²) in [6.07, 6.45) is 0. The topological polar surface area (TPSA) is 51.2 Å². The fourth-order valence-electron chi connectivity index (χ4n) is 3.29. The third-order valence-corrected chi connectivity index (χ3v) is 4.48. The van der Waals surface area contributed by atoms with Crippen LogP contribution < -0.4 is 17.7 Å². The minimum Gasteiger partial charge on any atom is -1.00 e. The number of aromatic nitrogens is 1. The number of esters is 1. The third-order valence-electron chi connectivity index (χ3n) is 4.48. The molecule has 4 rings (SSSR count). The summed E-state index contributed by atoms with van der Waals surface area (Å²) in [7, 11) is 0. The average Bonchev–Trinajstić information content (AvgIpc) is 2.68. The first-order valence-electron chi connectivity index (χ1n) is 8.99. The van der Waals surface area contributed by atoms with E-state index in [4.69, 9.17) is 9.72 Å². The molecule has 4 aromatic rings. The number of pyridine rings is 1. The molecule has 0 atom stereocenters. The van der Waals surface area contributed by atoms with E-state index in [9.17, 15) is 4.79 Å². The van der Waals surface area contributed by atoms with E-state index in [0.717, 1.165) is 33.4 Å². The van der Waals surface area contributed by atoms with Crippen molar-refractivity contribution in [3.8, 4) is 0 Å². The molecule has 0 saturated carbocycles. The van der Waals surface area contributed by atoms with Gasteiger partial charge in [-0.25, -0.2) is 4.79 Å². The zero-order valence-electron chi connectivity index (χ0n) is 15.7. The largest absolute Gasteiger partial charge is 1.00 e. The highest BCUT2D eigenvalue weighted by atomic mass is 35.5. The number of nitrogens with one attached hydrogen (secondary N) is 1. The number of benzene rings is 3. The summed E-state index contributed by atoms with van der Waals surface area (Å²) >= 11 is 0. The number of carbonyl (C=O) groups is 1. The molecule has 0 radical (unpaired) electrons. The van der Waals surface area contributed by atoms with Crippen LogP contribution in [0.5, 0.6) is 0 Å². The molecule has 0 aliphatic heterocycles. The highest BCUT2D eigenvalue weighted by Crippen LogP contribution is 2.31. The number of aryl methyl sites for hydroxylation is 1. The normalized spacial score (nSPS) is 10.5. The van der Waals surface area contributed by atoms with Gasteiger partial charge in [-0.1, -0.05) is 42.5 Å². The van der Waals surface area contributed by atoms with Crippen molar-refractivity contribution in [3.05, 3.63) is 78.0 Å². The van der Waals surface area contributed by atoms with Gasteiger partial charge in [-0.3, -0.25) is 4.98 Å². The van der Waals surface area contributed by atoms with Crippen molar-refractivity contribution in [2.24, 2.45) is 0 Å². The van der Waals surface area contributed by atoms with Crippen molar-refractivity contribution in [1.82, 2.24) is 4.98 Å². The predicted molar refractivity (Wildman–Crippen MR) is 110 cm³/mol. The smallest absolute Gasteiger partial charge is 0.338 e. The Morgan fingerprint density at radius 1 is 1.00 bits per heavy atom. The van der Waals surface area contributed by atoms with Crippen LogP contribution in [0.2, 0.25) is 0 Å². The Hall–Kier alpha value is -3.11. The molecule has 0 saturated heterocycles. The molecule has 0 bridgehead atoms. The zero-order chi connectivity index (χ0) is 18.8. The van der Waals surface area contributed by atoms with Crippen LogP contribution in [0, 0.1) is 6.92 Å². The van der Waals surface area contributed by atoms with Gasteiger partial charge in [0.2, 0.25) is 0 Å². The molecule has 1 aromatic heterocycles. The first kappa shape index (κ1) is 19.6. The van der Waals surface area contributed by atoms with Gasteiger partial charge >= 0.3 is 5.97 Å². The molecular formula is C23H20ClN2O2-. The van der Waals surface area contributed by atoms with Gasteiger partial charge in [0.05, 0.1) is 17.7 Å². The molecule has 3 aromatic carbocycles. The summed E-state index contributed by atoms with van der Waals surface area (Å²) in [6, 6.07) is 21.8. The van der Waals surface area contributed by atoms with Crippen molar-refractivity contribution in [2.75, 3.05) is 11.9 Å². The lowest BCUT2D eigenvalue weighted by Crippen LogP contribution is -3.00. The van der Waals surface area contributed by atoms with E-state index in [1.807, 2.05) is 37.3 Å². The molecule has 1 N–H and O–H groups in total. The van der Waals surface area contributed by atoms with E-state index < -0.39 is 0 Å². The van der Waals surface area contributed by atoms with Crippen molar-refractivity contribution in [2.45, 2.75) is 13.8 Å². The fraction of sp³-hybridized carbons (Fsp3) is 0.130. The third kappa shape index (κ3) is 3.78. The second-order valence-corrected chi connectivity index (χ2v) is 6.42. The second kappa shape index (κ2) is 8.28. The summed E-state index contributed by atoms with van der Waals surface area (Å²) in [5, 5.41) is 6.78. The minimum atomic E-state index is -0.317. The van der Waals surface area contributed by atoms with Gasteiger partial charge in [-0.2, -0.15) is 0 Å². The lowest BCUT2D eigenvalue weighted by Gasteiger charge is -2.13. The first-order valence-corrected chi connectivity index (χ1v) is 8.99. The number of ether oxygens (including phenoxy) is 1. The summed E-state index contributed by atoms with van der Waals surface area (Å²) in [6.45, 7) is 4.15. The van der Waals surface area contributed by atoms with E-state index in [1.165, 1.54) is 5.39 Å². The Kier molecular flexibility index (Phi) is 5.81. The Labute approximate surface area is 170 Å². The maximum atomic E-state index is 12.0. The van der Waals surface area contributed by atoms with Crippen LogP contribution in [0.1, 0.15) is 23.0 Å². The van der Waals surface area contributed by atoms with Crippen LogP contribution >= 0.6 is 0 Å². The second-order valence-electron chi connectivity index (χ2n) is 6.42. The Morgan fingerprint density at radius 3 is 2.64 bits per heavy atom. The lowest BCUT2D eigenvalue weighted by molar-refractivity contribution is -0.0000233. The highest BCUT2D eigenvalue weighted by Gasteiger charge is 2.10. The van der Waals surface area contributed by atoms with Gasteiger partial charge in [-0.15, -0.1) is 0 Å². The van der Waals surface area contributed by atoms with E-state index in [2.05, 4.69) is 29.6 Å². The molecule has 0 aliphatic rings. The SMILES string of the molecule is CCOC(=O)c1cccc(Nc2cc(C)nc3c2ccc2ccccc23)c1.[Cl-]. The van der Waals surface area contributed by atoms with Gasteiger partial charge in [0.1, 0.15) is 0 Å². The predicted octanol–water partition coefficient (Wildman–Crippen LogP) is 2.62. The highest BCUT2D eigenvalue weighted by molar-refractivity contribution is 6.09. The molecule has 1 heterocycles. The van der Waals surface area contributed by atoms with Crippen LogP contribution in [0.3, 0.4) is 0 Å². The van der Waals surface area contributed by atoms with Gasteiger partial charge in [0.15, 0.2) is 0 Å². The monoisotopic (exact) mass is 391 g/mol. The molecule has 0 unspecified atom stereocenters. The van der Waals surface area contributed by atoms with Crippen molar-refractivity contribution < 1.29 is 21.9 Å². The minimum absolute atomic E-state index is 0. The van der Waals surface area contributed by atoms with Gasteiger partial charge in [0, 0.05) is 27.8 Å². The van der Waals surface area contributed by atoms with E-state index in [1.54, 1.807) is 19.1 Å². The van der Waals surface area contributed by atoms with Crippen molar-refractivity contribution in [3.63, 3.8) is 0 Å². The number of carbonyl (C=O) groups excluding carboxylic acids is 1. The van der Waals surface area contributed by atoms with E-state index >= 15 is 0 Å². The number of hydrogen-bond donors (Lipinski definition) is 1. The number of anilines is 2. The van der Waals surface area contributed by atoms with Crippen LogP contribution in [0.15, 0.2) is 66.7 Å². The summed E-state index contributed by atoms with van der Waals surface area (Å²) in [4.78, 5) is 16.8. The van der Waals surface area contributed by atoms with Gasteiger partial charge in [-0.05, 0) is 43.5 Å². The van der Waals surface area contributed by atoms with Crippen molar-refractivity contribution in [1.29, 1.82) is 0 Å². The van der Waals surface area contributed by atoms with Gasteiger partial charge in [0.25, 0.3) is 0 Å². The number of hydrogen-bond acceptors (Lipinski definition) is 4. The molecule has 0 spiro atoms. The summed E-state index contributed by atoms with van der Waals surface area (Å²) in [5.74, 6) is -0.317. The lowest BCUT2D eigenvalue weighted by atomic mass is 10.0. The molecule has 0 fully saturated rings. The standard InChI is InChI=1S/C23H20N2O2.ClH/c1-3-27-23(26)17-8-6-9-18(14-17)25-21-13-15(2)24-22-19-10-5-4-7-16(19)11-12-20(21)22;/h4-14H,3H2,1-2H3,(H,24,25);1H/p-1. The van der Waals surface area contributed by atoms with Crippen LogP contribution in [-0.2, 0) is 4.74 Å². The molecular weight excluding hydrogens is 372 g/mol. The maximum absolute atomic E-state index is 12.0. The Bertz CT molecular complexity index is 1160. The molecule has 142 valence electrons. The molecule has 0 amide bonds. The molecule has 4 nitrogen and oxygen atoms in total. The maximum Gasteiger partial charge on any atom is 0.338 e. The number of fused-ring (bicyclic) bond motifs is 3. The summed E-state index contributed by atoms with van der Waals surface area (Å²) < 4.78 is 5.09. The van der Waals surface area contributed by atoms with Crippen LogP contribution in [0.25, 0.3) is 21.7 Å². The summed E-state index contributed by atoms with van der Waals surface area (Å²) in [5.41, 5.74) is 4.23. The zero-order valence-corrected chi connectivity index (χ0v) is 16.5. The quantitative estimate of drug-likeness (QED) is 0.429. The van der Waals surface area contributed by atoms with Crippen molar-refractivity contribution >= 4 is 39.0 Å². The molecule has 5 heteroatoms. The van der Waals surface area contributed by atoms with Crippen LogP contribution in [0.4, 0.5) is 11.4 Å².